The monoisotopic (exact) mass is 195 g/mol. The van der Waals surface area contributed by atoms with Gasteiger partial charge in [-0.2, -0.15) is 0 Å². The highest BCUT2D eigenvalue weighted by molar-refractivity contribution is 7.44. The van der Waals surface area contributed by atoms with Gasteiger partial charge in [-0.05, 0) is 0 Å². The standard InChI is InChI=1S/C6H11O5P/c7-2-3-11-5-12(10)4-1-6(8)9/h7H,1-5H2/p+1. The summed E-state index contributed by atoms with van der Waals surface area (Å²) in [5.74, 6) is -0.958. The number of carboxylic acids is 1. The predicted octanol–water partition coefficient (Wildman–Crippen LogP) is 0.255. The van der Waals surface area contributed by atoms with E-state index < -0.39 is 13.8 Å². The van der Waals surface area contributed by atoms with Crippen LogP contribution < -0.4 is 0 Å². The number of hydrogen-bond acceptors (Lipinski definition) is 4. The molecule has 1 unspecified atom stereocenters. The summed E-state index contributed by atoms with van der Waals surface area (Å²) >= 11 is 0. The smallest absolute Gasteiger partial charge is 0.367 e. The first-order valence-corrected chi connectivity index (χ1v) is 5.12. The summed E-state index contributed by atoms with van der Waals surface area (Å²) in [6.45, 7) is 0.0379. The van der Waals surface area contributed by atoms with E-state index in [9.17, 15) is 9.36 Å². The minimum absolute atomic E-state index is 0.0309. The van der Waals surface area contributed by atoms with E-state index >= 15 is 0 Å². The minimum atomic E-state index is -1.59. The molecule has 0 radical (unpaired) electrons. The highest BCUT2D eigenvalue weighted by atomic mass is 31.1. The fraction of sp³-hybridized carbons (Fsp3) is 0.833. The van der Waals surface area contributed by atoms with Crippen molar-refractivity contribution in [2.75, 3.05) is 25.7 Å². The van der Waals surface area contributed by atoms with Gasteiger partial charge in [0.1, 0.15) is 0 Å². The molecule has 0 spiro atoms. The molecule has 12 heavy (non-hydrogen) atoms. The molecule has 0 saturated carbocycles. The lowest BCUT2D eigenvalue weighted by molar-refractivity contribution is -0.136. The van der Waals surface area contributed by atoms with Crippen molar-refractivity contribution in [1.29, 1.82) is 0 Å². The summed E-state index contributed by atoms with van der Waals surface area (Å²) in [6.07, 6.45) is 0.0664. The van der Waals surface area contributed by atoms with E-state index in [0.29, 0.717) is 0 Å². The zero-order valence-corrected chi connectivity index (χ0v) is 7.50. The van der Waals surface area contributed by atoms with Crippen LogP contribution >= 0.6 is 7.80 Å². The number of aliphatic carboxylic acids is 1. The Bertz CT molecular complexity index is 158. The molecule has 0 aliphatic heterocycles. The SMILES string of the molecule is O=C(O)CC[P+](=O)COCCO. The van der Waals surface area contributed by atoms with E-state index in [4.69, 9.17) is 14.9 Å². The first-order valence-electron chi connectivity index (χ1n) is 3.49. The highest BCUT2D eigenvalue weighted by Crippen LogP contribution is 2.20. The number of carboxylic acid groups (broad SMARTS) is 1. The van der Waals surface area contributed by atoms with Gasteiger partial charge in [0, 0.05) is 0 Å². The third kappa shape index (κ3) is 7.60. The molecule has 0 aliphatic rings. The molecule has 0 fully saturated rings. The van der Waals surface area contributed by atoms with Crippen LogP contribution in [0.3, 0.4) is 0 Å². The minimum Gasteiger partial charge on any atom is -0.481 e. The molecule has 1 atom stereocenters. The van der Waals surface area contributed by atoms with E-state index in [-0.39, 0.29) is 32.1 Å². The van der Waals surface area contributed by atoms with E-state index in [2.05, 4.69) is 0 Å². The maximum Gasteiger partial charge on any atom is 0.367 e. The summed E-state index contributed by atoms with van der Waals surface area (Å²) in [4.78, 5) is 10.0. The Morgan fingerprint density at radius 2 is 2.17 bits per heavy atom. The van der Waals surface area contributed by atoms with Crippen LogP contribution in [0.25, 0.3) is 0 Å². The molecule has 70 valence electrons. The van der Waals surface area contributed by atoms with Crippen molar-refractivity contribution in [2.24, 2.45) is 0 Å². The van der Waals surface area contributed by atoms with Crippen molar-refractivity contribution in [3.63, 3.8) is 0 Å². The molecular formula is C6H12O5P+. The first-order chi connectivity index (χ1) is 5.66. The van der Waals surface area contributed by atoms with Crippen molar-refractivity contribution in [1.82, 2.24) is 0 Å². The zero-order valence-electron chi connectivity index (χ0n) is 6.60. The molecule has 0 aromatic carbocycles. The topological polar surface area (TPSA) is 83.8 Å². The number of rotatable bonds is 7. The molecule has 6 heteroatoms. The third-order valence-corrected chi connectivity index (χ3v) is 2.24. The molecule has 0 aromatic heterocycles. The second kappa shape index (κ2) is 7.16. The van der Waals surface area contributed by atoms with Gasteiger partial charge in [0.25, 0.3) is 0 Å². The van der Waals surface area contributed by atoms with Gasteiger partial charge >= 0.3 is 13.8 Å². The van der Waals surface area contributed by atoms with E-state index in [1.807, 2.05) is 0 Å². The number of aliphatic hydroxyl groups is 1. The van der Waals surface area contributed by atoms with Gasteiger partial charge < -0.3 is 14.9 Å². The highest BCUT2D eigenvalue weighted by Gasteiger charge is 2.16. The maximum atomic E-state index is 10.9. The van der Waals surface area contributed by atoms with Crippen molar-refractivity contribution >= 4 is 13.8 Å². The van der Waals surface area contributed by atoms with Gasteiger partial charge in [-0.25, -0.2) is 0 Å². The van der Waals surface area contributed by atoms with E-state index in [1.165, 1.54) is 0 Å². The second-order valence-electron chi connectivity index (χ2n) is 2.11. The maximum absolute atomic E-state index is 10.9. The molecule has 0 heterocycles. The number of carbonyl (C=O) groups is 1. The molecule has 0 bridgehead atoms. The van der Waals surface area contributed by atoms with Gasteiger partial charge in [-0.15, -0.1) is 0 Å². The fourth-order valence-corrected chi connectivity index (χ4v) is 1.42. The third-order valence-electron chi connectivity index (χ3n) is 1.05. The quantitative estimate of drug-likeness (QED) is 0.449. The van der Waals surface area contributed by atoms with E-state index in [1.54, 1.807) is 0 Å². The Balaban J connectivity index is 3.28. The van der Waals surface area contributed by atoms with Crippen molar-refractivity contribution in [3.8, 4) is 0 Å². The van der Waals surface area contributed by atoms with Gasteiger partial charge in [0.15, 0.2) is 6.16 Å². The Morgan fingerprint density at radius 1 is 1.50 bits per heavy atom. The molecule has 0 aliphatic carbocycles. The Kier molecular flexibility index (Phi) is 6.85. The summed E-state index contributed by atoms with van der Waals surface area (Å²) < 4.78 is 15.7. The largest absolute Gasteiger partial charge is 0.481 e. The lowest BCUT2D eigenvalue weighted by atomic mass is 10.5. The van der Waals surface area contributed by atoms with Crippen LogP contribution in [0.1, 0.15) is 6.42 Å². The van der Waals surface area contributed by atoms with Crippen LogP contribution in [0.5, 0.6) is 0 Å². The molecule has 0 amide bonds. The lowest BCUT2D eigenvalue weighted by Gasteiger charge is -1.91. The Morgan fingerprint density at radius 3 is 2.67 bits per heavy atom. The number of aliphatic hydroxyl groups excluding tert-OH is 1. The summed E-state index contributed by atoms with van der Waals surface area (Å²) in [5.41, 5.74) is 0. The lowest BCUT2D eigenvalue weighted by Crippen LogP contribution is -2.01. The van der Waals surface area contributed by atoms with Gasteiger partial charge in [-0.3, -0.25) is 4.79 Å². The summed E-state index contributed by atoms with van der Waals surface area (Å²) in [5, 5.41) is 16.5. The average molecular weight is 195 g/mol. The van der Waals surface area contributed by atoms with Crippen LogP contribution in [0, 0.1) is 0 Å². The average Bonchev–Trinajstić information content (AvgIpc) is 2.01. The Hall–Kier alpha value is -0.510. The van der Waals surface area contributed by atoms with Crippen LogP contribution in [0.15, 0.2) is 0 Å². The second-order valence-corrected chi connectivity index (χ2v) is 3.78. The van der Waals surface area contributed by atoms with Crippen molar-refractivity contribution in [2.45, 2.75) is 6.42 Å². The Labute approximate surface area is 71.1 Å². The molecule has 0 saturated heterocycles. The number of hydrogen-bond donors (Lipinski definition) is 2. The number of ether oxygens (including phenoxy) is 1. The van der Waals surface area contributed by atoms with Crippen LogP contribution in [0.2, 0.25) is 0 Å². The van der Waals surface area contributed by atoms with Crippen LogP contribution in [0.4, 0.5) is 0 Å². The summed E-state index contributed by atoms with van der Waals surface area (Å²) in [7, 11) is -1.59. The van der Waals surface area contributed by atoms with Crippen molar-refractivity contribution in [3.05, 3.63) is 0 Å². The van der Waals surface area contributed by atoms with Gasteiger partial charge in [0.05, 0.1) is 19.6 Å². The molecule has 0 rings (SSSR count). The molecular weight excluding hydrogens is 183 g/mol. The fourth-order valence-electron chi connectivity index (χ4n) is 0.516. The zero-order chi connectivity index (χ0) is 9.40. The predicted molar refractivity (Wildman–Crippen MR) is 42.6 cm³/mol. The summed E-state index contributed by atoms with van der Waals surface area (Å²) in [6, 6.07) is 0. The van der Waals surface area contributed by atoms with Crippen molar-refractivity contribution < 1.29 is 24.3 Å². The van der Waals surface area contributed by atoms with Gasteiger partial charge in [-0.1, -0.05) is 4.57 Å². The normalized spacial score (nSPS) is 11.2. The first kappa shape index (κ1) is 11.5. The van der Waals surface area contributed by atoms with E-state index in [0.717, 1.165) is 0 Å². The van der Waals surface area contributed by atoms with Gasteiger partial charge in [0.2, 0.25) is 6.35 Å². The molecule has 5 nitrogen and oxygen atoms in total. The molecule has 2 N–H and O–H groups in total. The van der Waals surface area contributed by atoms with Crippen LogP contribution in [-0.2, 0) is 14.1 Å². The van der Waals surface area contributed by atoms with Crippen LogP contribution in [-0.4, -0.2) is 41.9 Å². The molecule has 0 aromatic rings.